The van der Waals surface area contributed by atoms with E-state index in [1.54, 1.807) is 36.4 Å². The van der Waals surface area contributed by atoms with Gasteiger partial charge in [-0.1, -0.05) is 36.4 Å². The van der Waals surface area contributed by atoms with Gasteiger partial charge in [-0.3, -0.25) is 19.4 Å². The second-order valence-corrected chi connectivity index (χ2v) is 7.79. The van der Waals surface area contributed by atoms with E-state index in [-0.39, 0.29) is 55.7 Å². The Morgan fingerprint density at radius 3 is 1.90 bits per heavy atom. The van der Waals surface area contributed by atoms with Gasteiger partial charge in [0.1, 0.15) is 11.6 Å². The van der Waals surface area contributed by atoms with Gasteiger partial charge in [0.05, 0.1) is 13.1 Å². The largest absolute Gasteiger partial charge is 0.351 e. The molecule has 0 saturated carbocycles. The number of benzene rings is 2. The predicted molar refractivity (Wildman–Crippen MR) is 114 cm³/mol. The van der Waals surface area contributed by atoms with Crippen LogP contribution in [-0.2, 0) is 22.7 Å². The van der Waals surface area contributed by atoms with E-state index in [1.807, 2.05) is 16.7 Å². The lowest BCUT2D eigenvalue weighted by Crippen LogP contribution is -2.55. The molecule has 166 valence electrons. The van der Waals surface area contributed by atoms with Crippen LogP contribution >= 0.6 is 0 Å². The highest BCUT2D eigenvalue weighted by atomic mass is 19.1. The summed E-state index contributed by atoms with van der Waals surface area (Å²) in [7, 11) is 0. The number of nitrogens with zero attached hydrogens (tertiary/aromatic N) is 2. The van der Waals surface area contributed by atoms with Gasteiger partial charge in [-0.15, -0.1) is 0 Å². The minimum atomic E-state index is -0.335. The van der Waals surface area contributed by atoms with Crippen molar-refractivity contribution in [1.82, 2.24) is 20.4 Å². The fourth-order valence-corrected chi connectivity index (χ4v) is 3.62. The Hall–Kier alpha value is -2.84. The zero-order valence-corrected chi connectivity index (χ0v) is 17.6. The van der Waals surface area contributed by atoms with E-state index >= 15 is 0 Å². The monoisotopic (exact) mass is 430 g/mol. The van der Waals surface area contributed by atoms with Gasteiger partial charge >= 0.3 is 0 Å². The van der Waals surface area contributed by atoms with Gasteiger partial charge in [0.2, 0.25) is 11.8 Å². The van der Waals surface area contributed by atoms with E-state index in [9.17, 15) is 18.4 Å². The van der Waals surface area contributed by atoms with Gasteiger partial charge in [-0.05, 0) is 19.1 Å². The van der Waals surface area contributed by atoms with Crippen molar-refractivity contribution in [3.8, 4) is 0 Å². The fraction of sp³-hybridized carbons (Fsp3) is 0.391. The zero-order valence-electron chi connectivity index (χ0n) is 17.6. The molecule has 6 nitrogen and oxygen atoms in total. The number of hydrogen-bond donors (Lipinski definition) is 2. The molecule has 2 aromatic carbocycles. The topological polar surface area (TPSA) is 64.7 Å². The molecule has 1 aliphatic rings. The summed E-state index contributed by atoms with van der Waals surface area (Å²) in [5, 5.41) is 5.51. The quantitative estimate of drug-likeness (QED) is 0.672. The lowest BCUT2D eigenvalue weighted by Gasteiger charge is -2.39. The predicted octanol–water partition coefficient (Wildman–Crippen LogP) is 1.90. The maximum absolute atomic E-state index is 13.7. The van der Waals surface area contributed by atoms with Crippen LogP contribution in [0.25, 0.3) is 0 Å². The number of halogens is 2. The molecule has 1 heterocycles. The van der Waals surface area contributed by atoms with Crippen LogP contribution in [0.4, 0.5) is 8.78 Å². The van der Waals surface area contributed by atoms with Gasteiger partial charge in [-0.2, -0.15) is 0 Å². The first-order chi connectivity index (χ1) is 14.9. The Morgan fingerprint density at radius 2 is 1.39 bits per heavy atom. The Kier molecular flexibility index (Phi) is 8.08. The Morgan fingerprint density at radius 1 is 0.871 bits per heavy atom. The van der Waals surface area contributed by atoms with Crippen LogP contribution in [0.15, 0.2) is 48.5 Å². The van der Waals surface area contributed by atoms with Crippen LogP contribution in [-0.4, -0.2) is 60.4 Å². The maximum atomic E-state index is 13.7. The third-order valence-electron chi connectivity index (χ3n) is 5.43. The number of nitrogens with one attached hydrogen (secondary N) is 2. The van der Waals surface area contributed by atoms with Crippen LogP contribution in [0.5, 0.6) is 0 Å². The molecule has 2 amide bonds. The lowest BCUT2D eigenvalue weighted by molar-refractivity contribution is -0.126. The summed E-state index contributed by atoms with van der Waals surface area (Å²) < 4.78 is 27.3. The maximum Gasteiger partial charge on any atom is 0.234 e. The van der Waals surface area contributed by atoms with E-state index in [1.165, 1.54) is 12.1 Å². The summed E-state index contributed by atoms with van der Waals surface area (Å²) in [6, 6.07) is 12.8. The van der Waals surface area contributed by atoms with Gasteiger partial charge < -0.3 is 10.6 Å². The summed E-state index contributed by atoms with van der Waals surface area (Å²) in [5.74, 6) is -0.992. The van der Waals surface area contributed by atoms with Crippen LogP contribution in [0.3, 0.4) is 0 Å². The summed E-state index contributed by atoms with van der Waals surface area (Å²) in [5.41, 5.74) is 0.908. The first-order valence-corrected chi connectivity index (χ1v) is 10.4. The fourth-order valence-electron chi connectivity index (χ4n) is 3.62. The summed E-state index contributed by atoms with van der Waals surface area (Å²) in [4.78, 5) is 28.6. The molecule has 1 fully saturated rings. The molecule has 0 spiro atoms. The van der Waals surface area contributed by atoms with Crippen LogP contribution in [0.2, 0.25) is 0 Å². The normalized spacial score (nSPS) is 17.3. The molecule has 2 N–H and O–H groups in total. The van der Waals surface area contributed by atoms with Crippen LogP contribution in [0.1, 0.15) is 18.1 Å². The average Bonchev–Trinajstić information content (AvgIpc) is 2.74. The molecule has 31 heavy (non-hydrogen) atoms. The van der Waals surface area contributed by atoms with Crippen molar-refractivity contribution in [2.45, 2.75) is 26.1 Å². The SMILES string of the molecule is CC1CN(CC(=O)NCc2ccccc2F)CCN1CC(=O)NCc1ccccc1F. The average molecular weight is 430 g/mol. The molecule has 1 atom stereocenters. The van der Waals surface area contributed by atoms with E-state index < -0.39 is 0 Å². The van der Waals surface area contributed by atoms with Gasteiger partial charge in [0.15, 0.2) is 0 Å². The standard InChI is InChI=1S/C23H28F2N4O2/c1-17-14-28(15-22(30)26-12-18-6-2-4-8-20(18)24)10-11-29(17)16-23(31)27-13-19-7-3-5-9-21(19)25/h2-9,17H,10-16H2,1H3,(H,26,30)(H,27,31). The van der Waals surface area contributed by atoms with E-state index in [0.717, 1.165) is 0 Å². The molecule has 1 unspecified atom stereocenters. The lowest BCUT2D eigenvalue weighted by atomic mass is 10.1. The number of hydrogen-bond acceptors (Lipinski definition) is 4. The first kappa shape index (κ1) is 22.8. The van der Waals surface area contributed by atoms with E-state index in [0.29, 0.717) is 30.8 Å². The number of amides is 2. The highest BCUT2D eigenvalue weighted by Gasteiger charge is 2.26. The second-order valence-electron chi connectivity index (χ2n) is 7.79. The number of carbonyl (C=O) groups excluding carboxylic acids is 2. The minimum absolute atomic E-state index is 0.0901. The molecule has 1 aliphatic heterocycles. The second kappa shape index (κ2) is 11.0. The van der Waals surface area contributed by atoms with Crippen molar-refractivity contribution in [3.63, 3.8) is 0 Å². The zero-order chi connectivity index (χ0) is 22.2. The van der Waals surface area contributed by atoms with Crippen molar-refractivity contribution < 1.29 is 18.4 Å². The van der Waals surface area contributed by atoms with Crippen molar-refractivity contribution in [2.75, 3.05) is 32.7 Å². The molecule has 3 rings (SSSR count). The number of piperazine rings is 1. The van der Waals surface area contributed by atoms with Crippen molar-refractivity contribution in [2.24, 2.45) is 0 Å². The van der Waals surface area contributed by atoms with Crippen molar-refractivity contribution in [1.29, 1.82) is 0 Å². The molecular weight excluding hydrogens is 402 g/mol. The van der Waals surface area contributed by atoms with E-state index in [2.05, 4.69) is 10.6 Å². The van der Waals surface area contributed by atoms with Crippen LogP contribution in [0, 0.1) is 11.6 Å². The van der Waals surface area contributed by atoms with Gasteiger partial charge in [0.25, 0.3) is 0 Å². The van der Waals surface area contributed by atoms with E-state index in [4.69, 9.17) is 0 Å². The molecule has 0 radical (unpaired) electrons. The third-order valence-corrected chi connectivity index (χ3v) is 5.43. The number of carbonyl (C=O) groups is 2. The van der Waals surface area contributed by atoms with Gasteiger partial charge in [-0.25, -0.2) is 8.78 Å². The number of rotatable bonds is 8. The van der Waals surface area contributed by atoms with Crippen molar-refractivity contribution in [3.05, 3.63) is 71.3 Å². The first-order valence-electron chi connectivity index (χ1n) is 10.4. The molecule has 0 bridgehead atoms. The smallest absolute Gasteiger partial charge is 0.234 e. The highest BCUT2D eigenvalue weighted by Crippen LogP contribution is 2.10. The molecule has 2 aromatic rings. The minimum Gasteiger partial charge on any atom is -0.351 e. The molecule has 8 heteroatoms. The highest BCUT2D eigenvalue weighted by molar-refractivity contribution is 5.78. The van der Waals surface area contributed by atoms with Gasteiger partial charge in [0, 0.05) is 49.9 Å². The Balaban J connectivity index is 1.38. The third kappa shape index (κ3) is 6.83. The summed E-state index contributed by atoms with van der Waals surface area (Å²) >= 11 is 0. The summed E-state index contributed by atoms with van der Waals surface area (Å²) in [6.45, 7) is 4.72. The molecule has 0 aromatic heterocycles. The Labute approximate surface area is 181 Å². The molecule has 0 aliphatic carbocycles. The molecule has 1 saturated heterocycles. The molecular formula is C23H28F2N4O2. The Bertz CT molecular complexity index is 909. The van der Waals surface area contributed by atoms with Crippen LogP contribution < -0.4 is 10.6 Å². The van der Waals surface area contributed by atoms with Crippen molar-refractivity contribution >= 4 is 11.8 Å². The summed E-state index contributed by atoms with van der Waals surface area (Å²) in [6.07, 6.45) is 0.